The molecule has 3 rings (SSSR count). The fourth-order valence-electron chi connectivity index (χ4n) is 3.55. The molecule has 5 heteroatoms. The maximum absolute atomic E-state index is 5.74. The van der Waals surface area contributed by atoms with Crippen LogP contribution in [0.5, 0.6) is 23.0 Å². The SMILES string of the molecule is CCOc1ccc(C2[NH2+]CCc3cc(OCC)c(OC)cc32)cc1OC. The zero-order valence-electron chi connectivity index (χ0n) is 16.0. The van der Waals surface area contributed by atoms with Crippen LogP contribution in [0.25, 0.3) is 0 Å². The molecule has 0 amide bonds. The fraction of sp³-hybridized carbons (Fsp3) is 0.429. The van der Waals surface area contributed by atoms with Crippen molar-refractivity contribution in [3.63, 3.8) is 0 Å². The minimum absolute atomic E-state index is 0.202. The van der Waals surface area contributed by atoms with Crippen molar-refractivity contribution in [3.05, 3.63) is 47.0 Å². The van der Waals surface area contributed by atoms with Gasteiger partial charge in [-0.05, 0) is 49.7 Å². The fourth-order valence-corrected chi connectivity index (χ4v) is 3.55. The smallest absolute Gasteiger partial charge is 0.161 e. The van der Waals surface area contributed by atoms with E-state index in [1.165, 1.54) is 16.7 Å². The molecule has 0 spiro atoms. The molecule has 1 aliphatic heterocycles. The van der Waals surface area contributed by atoms with E-state index < -0.39 is 0 Å². The molecule has 5 nitrogen and oxygen atoms in total. The Kier molecular flexibility index (Phi) is 5.89. The Morgan fingerprint density at radius 2 is 1.58 bits per heavy atom. The molecule has 1 heterocycles. The molecule has 0 aliphatic carbocycles. The second-order valence-corrected chi connectivity index (χ2v) is 6.23. The molecule has 140 valence electrons. The number of quaternary nitrogens is 1. The largest absolute Gasteiger partial charge is 0.493 e. The normalized spacial score (nSPS) is 15.9. The second kappa shape index (κ2) is 8.32. The summed E-state index contributed by atoms with van der Waals surface area (Å²) in [6.45, 7) is 6.24. The predicted molar refractivity (Wildman–Crippen MR) is 101 cm³/mol. The van der Waals surface area contributed by atoms with Crippen LogP contribution in [0, 0.1) is 0 Å². The van der Waals surface area contributed by atoms with Crippen molar-refractivity contribution in [2.24, 2.45) is 0 Å². The lowest BCUT2D eigenvalue weighted by Crippen LogP contribution is -2.87. The van der Waals surface area contributed by atoms with Crippen molar-refractivity contribution in [1.29, 1.82) is 0 Å². The summed E-state index contributed by atoms with van der Waals surface area (Å²) in [4.78, 5) is 0. The summed E-state index contributed by atoms with van der Waals surface area (Å²) in [6.07, 6.45) is 1.02. The Balaban J connectivity index is 2.01. The van der Waals surface area contributed by atoms with Crippen molar-refractivity contribution in [1.82, 2.24) is 0 Å². The average molecular weight is 358 g/mol. The van der Waals surface area contributed by atoms with Crippen molar-refractivity contribution < 1.29 is 24.3 Å². The highest BCUT2D eigenvalue weighted by Crippen LogP contribution is 2.37. The molecule has 1 atom stereocenters. The summed E-state index contributed by atoms with van der Waals surface area (Å²) >= 11 is 0. The maximum atomic E-state index is 5.74. The monoisotopic (exact) mass is 358 g/mol. The van der Waals surface area contributed by atoms with Gasteiger partial charge < -0.3 is 24.3 Å². The highest BCUT2D eigenvalue weighted by molar-refractivity contribution is 5.52. The van der Waals surface area contributed by atoms with Gasteiger partial charge in [-0.2, -0.15) is 0 Å². The zero-order chi connectivity index (χ0) is 18.5. The van der Waals surface area contributed by atoms with Gasteiger partial charge in [0.05, 0.1) is 34.0 Å². The van der Waals surface area contributed by atoms with Gasteiger partial charge in [-0.25, -0.2) is 0 Å². The minimum Gasteiger partial charge on any atom is -0.493 e. The van der Waals surface area contributed by atoms with E-state index in [9.17, 15) is 0 Å². The van der Waals surface area contributed by atoms with E-state index in [2.05, 4.69) is 29.6 Å². The van der Waals surface area contributed by atoms with Gasteiger partial charge in [-0.15, -0.1) is 0 Å². The van der Waals surface area contributed by atoms with E-state index in [1.54, 1.807) is 14.2 Å². The van der Waals surface area contributed by atoms with E-state index in [0.29, 0.717) is 13.2 Å². The molecule has 0 aromatic heterocycles. The Hall–Kier alpha value is -2.40. The van der Waals surface area contributed by atoms with Crippen molar-refractivity contribution in [2.75, 3.05) is 34.0 Å². The predicted octanol–water partition coefficient (Wildman–Crippen LogP) is 2.71. The van der Waals surface area contributed by atoms with Crippen LogP contribution in [-0.2, 0) is 6.42 Å². The van der Waals surface area contributed by atoms with Crippen LogP contribution < -0.4 is 24.3 Å². The van der Waals surface area contributed by atoms with E-state index in [4.69, 9.17) is 18.9 Å². The third kappa shape index (κ3) is 3.58. The van der Waals surface area contributed by atoms with Gasteiger partial charge in [0, 0.05) is 17.5 Å². The number of rotatable bonds is 7. The molecule has 26 heavy (non-hydrogen) atoms. The number of fused-ring (bicyclic) bond motifs is 1. The van der Waals surface area contributed by atoms with Crippen LogP contribution in [0.3, 0.4) is 0 Å². The average Bonchev–Trinajstić information content (AvgIpc) is 2.67. The van der Waals surface area contributed by atoms with Gasteiger partial charge in [-0.3, -0.25) is 0 Å². The van der Waals surface area contributed by atoms with Crippen molar-refractivity contribution in [3.8, 4) is 23.0 Å². The van der Waals surface area contributed by atoms with Gasteiger partial charge in [0.2, 0.25) is 0 Å². The summed E-state index contributed by atoms with van der Waals surface area (Å²) < 4.78 is 22.5. The summed E-state index contributed by atoms with van der Waals surface area (Å²) in [7, 11) is 3.36. The first-order valence-corrected chi connectivity index (χ1v) is 9.19. The van der Waals surface area contributed by atoms with Crippen LogP contribution in [0.1, 0.15) is 36.6 Å². The molecule has 2 N–H and O–H groups in total. The van der Waals surface area contributed by atoms with Crippen LogP contribution in [0.2, 0.25) is 0 Å². The summed E-state index contributed by atoms with van der Waals surface area (Å²) in [5.74, 6) is 3.14. The molecule has 1 aliphatic rings. The lowest BCUT2D eigenvalue weighted by Gasteiger charge is -2.26. The second-order valence-electron chi connectivity index (χ2n) is 6.23. The number of hydrogen-bond donors (Lipinski definition) is 1. The van der Waals surface area contributed by atoms with Gasteiger partial charge in [0.25, 0.3) is 0 Å². The number of ether oxygens (including phenoxy) is 4. The molecule has 2 aromatic rings. The Morgan fingerprint density at radius 1 is 0.885 bits per heavy atom. The topological polar surface area (TPSA) is 53.5 Å². The van der Waals surface area contributed by atoms with Gasteiger partial charge in [0.1, 0.15) is 6.04 Å². The first-order chi connectivity index (χ1) is 12.7. The quantitative estimate of drug-likeness (QED) is 0.827. The third-order valence-electron chi connectivity index (χ3n) is 4.72. The molecule has 0 saturated heterocycles. The molecule has 0 bridgehead atoms. The first-order valence-electron chi connectivity index (χ1n) is 9.19. The lowest BCUT2D eigenvalue weighted by atomic mass is 9.89. The van der Waals surface area contributed by atoms with Crippen molar-refractivity contribution in [2.45, 2.75) is 26.3 Å². The number of hydrogen-bond acceptors (Lipinski definition) is 4. The van der Waals surface area contributed by atoms with E-state index >= 15 is 0 Å². The van der Waals surface area contributed by atoms with Crippen LogP contribution in [0.4, 0.5) is 0 Å². The molecule has 0 saturated carbocycles. The standard InChI is InChI=1S/C21H27NO4/c1-5-25-17-8-7-15(12-18(17)23-3)21-16-13-19(24-4)20(26-6-2)11-14(16)9-10-22-21/h7-8,11-13,21-22H,5-6,9-10H2,1-4H3/p+1. The molecular weight excluding hydrogens is 330 g/mol. The minimum atomic E-state index is 0.202. The number of nitrogens with two attached hydrogens (primary N) is 1. The Morgan fingerprint density at radius 3 is 2.27 bits per heavy atom. The van der Waals surface area contributed by atoms with Gasteiger partial charge in [0.15, 0.2) is 23.0 Å². The molecular formula is C21H28NO4+. The van der Waals surface area contributed by atoms with Gasteiger partial charge >= 0.3 is 0 Å². The van der Waals surface area contributed by atoms with E-state index in [0.717, 1.165) is 36.0 Å². The lowest BCUT2D eigenvalue weighted by molar-refractivity contribution is -0.690. The summed E-state index contributed by atoms with van der Waals surface area (Å²) in [5, 5.41) is 2.36. The summed E-state index contributed by atoms with van der Waals surface area (Å²) in [6, 6.07) is 10.6. The summed E-state index contributed by atoms with van der Waals surface area (Å²) in [5.41, 5.74) is 3.77. The highest BCUT2D eigenvalue weighted by atomic mass is 16.5. The zero-order valence-corrected chi connectivity index (χ0v) is 16.0. The third-order valence-corrected chi connectivity index (χ3v) is 4.72. The Bertz CT molecular complexity index is 760. The molecule has 1 unspecified atom stereocenters. The van der Waals surface area contributed by atoms with Crippen LogP contribution in [-0.4, -0.2) is 34.0 Å². The van der Waals surface area contributed by atoms with Crippen LogP contribution in [0.15, 0.2) is 30.3 Å². The Labute approximate surface area is 155 Å². The molecule has 2 aromatic carbocycles. The van der Waals surface area contributed by atoms with E-state index in [-0.39, 0.29) is 6.04 Å². The number of methoxy groups -OCH3 is 2. The maximum Gasteiger partial charge on any atom is 0.161 e. The highest BCUT2D eigenvalue weighted by Gasteiger charge is 2.28. The van der Waals surface area contributed by atoms with Gasteiger partial charge in [-0.1, -0.05) is 0 Å². The molecule has 0 radical (unpaired) electrons. The van der Waals surface area contributed by atoms with E-state index in [1.807, 2.05) is 19.9 Å². The number of benzene rings is 2. The first kappa shape index (κ1) is 18.4. The van der Waals surface area contributed by atoms with Crippen LogP contribution >= 0.6 is 0 Å². The molecule has 0 fully saturated rings. The van der Waals surface area contributed by atoms with Crippen molar-refractivity contribution >= 4 is 0 Å².